The van der Waals surface area contributed by atoms with Gasteiger partial charge in [0, 0.05) is 18.4 Å². The van der Waals surface area contributed by atoms with Gasteiger partial charge in [-0.25, -0.2) is 9.97 Å². The van der Waals surface area contributed by atoms with Gasteiger partial charge in [-0.2, -0.15) is 0 Å². The first kappa shape index (κ1) is 16.9. The summed E-state index contributed by atoms with van der Waals surface area (Å²) < 4.78 is 0. The van der Waals surface area contributed by atoms with Crippen molar-refractivity contribution in [2.75, 3.05) is 11.9 Å². The SMILES string of the molecule is Cc1cc(C)c(Nc2nccc(C(=O)NCC(C)C)n2)c(C)c1. The molecule has 0 saturated heterocycles. The first-order valence-corrected chi connectivity index (χ1v) is 7.83. The lowest BCUT2D eigenvalue weighted by Gasteiger charge is -2.13. The van der Waals surface area contributed by atoms with Gasteiger partial charge in [-0.15, -0.1) is 0 Å². The summed E-state index contributed by atoms with van der Waals surface area (Å²) in [6.45, 7) is 10.9. The Morgan fingerprint density at radius 3 is 2.43 bits per heavy atom. The molecule has 122 valence electrons. The minimum atomic E-state index is -0.179. The van der Waals surface area contributed by atoms with E-state index >= 15 is 0 Å². The van der Waals surface area contributed by atoms with E-state index in [1.165, 1.54) is 5.56 Å². The second-order valence-corrected chi connectivity index (χ2v) is 6.27. The molecule has 1 heterocycles. The molecule has 23 heavy (non-hydrogen) atoms. The molecule has 1 aromatic carbocycles. The molecule has 0 bridgehead atoms. The van der Waals surface area contributed by atoms with Crippen LogP contribution < -0.4 is 10.6 Å². The third-order valence-electron chi connectivity index (χ3n) is 3.47. The van der Waals surface area contributed by atoms with E-state index in [1.54, 1.807) is 12.3 Å². The van der Waals surface area contributed by atoms with E-state index < -0.39 is 0 Å². The summed E-state index contributed by atoms with van der Waals surface area (Å²) in [6, 6.07) is 5.83. The summed E-state index contributed by atoms with van der Waals surface area (Å²) >= 11 is 0. The Morgan fingerprint density at radius 2 is 1.83 bits per heavy atom. The standard InChI is InChI=1S/C18H24N4O/c1-11(2)10-20-17(23)15-6-7-19-18(21-15)22-16-13(4)8-12(3)9-14(16)5/h6-9,11H,10H2,1-5H3,(H,20,23)(H,19,21,22). The van der Waals surface area contributed by atoms with E-state index in [9.17, 15) is 4.79 Å². The average Bonchev–Trinajstić information content (AvgIpc) is 2.48. The predicted molar refractivity (Wildman–Crippen MR) is 93.1 cm³/mol. The highest BCUT2D eigenvalue weighted by molar-refractivity contribution is 5.92. The van der Waals surface area contributed by atoms with Crippen molar-refractivity contribution in [3.63, 3.8) is 0 Å². The summed E-state index contributed by atoms with van der Waals surface area (Å²) in [4.78, 5) is 20.6. The molecule has 0 aliphatic heterocycles. The largest absolute Gasteiger partial charge is 0.350 e. The van der Waals surface area contributed by atoms with Gasteiger partial charge in [0.15, 0.2) is 0 Å². The summed E-state index contributed by atoms with van der Waals surface area (Å²) in [5, 5.41) is 6.09. The highest BCUT2D eigenvalue weighted by Crippen LogP contribution is 2.24. The zero-order valence-corrected chi connectivity index (χ0v) is 14.4. The lowest BCUT2D eigenvalue weighted by atomic mass is 10.1. The van der Waals surface area contributed by atoms with Crippen LogP contribution in [0.5, 0.6) is 0 Å². The van der Waals surface area contributed by atoms with E-state index in [-0.39, 0.29) is 5.91 Å². The van der Waals surface area contributed by atoms with Gasteiger partial charge in [-0.05, 0) is 43.9 Å². The van der Waals surface area contributed by atoms with Crippen molar-refractivity contribution in [3.8, 4) is 0 Å². The number of carbonyl (C=O) groups excluding carboxylic acids is 1. The third kappa shape index (κ3) is 4.52. The van der Waals surface area contributed by atoms with E-state index in [0.29, 0.717) is 24.1 Å². The Labute approximate surface area is 137 Å². The van der Waals surface area contributed by atoms with Crippen LogP contribution in [0.25, 0.3) is 0 Å². The monoisotopic (exact) mass is 312 g/mol. The van der Waals surface area contributed by atoms with Gasteiger partial charge in [0.2, 0.25) is 5.95 Å². The fraction of sp³-hybridized carbons (Fsp3) is 0.389. The molecule has 2 aromatic rings. The number of anilines is 2. The summed E-state index contributed by atoms with van der Waals surface area (Å²) in [5.41, 5.74) is 4.82. The van der Waals surface area contributed by atoms with Crippen LogP contribution in [0, 0.1) is 26.7 Å². The first-order valence-electron chi connectivity index (χ1n) is 7.83. The van der Waals surface area contributed by atoms with Crippen LogP contribution in [-0.4, -0.2) is 22.4 Å². The summed E-state index contributed by atoms with van der Waals surface area (Å²) in [6.07, 6.45) is 1.60. The molecule has 5 heteroatoms. The zero-order valence-electron chi connectivity index (χ0n) is 14.4. The molecule has 0 atom stereocenters. The Hall–Kier alpha value is -2.43. The summed E-state index contributed by atoms with van der Waals surface area (Å²) in [7, 11) is 0. The van der Waals surface area contributed by atoms with Gasteiger partial charge < -0.3 is 10.6 Å². The molecule has 0 radical (unpaired) electrons. The van der Waals surface area contributed by atoms with Crippen molar-refractivity contribution in [1.82, 2.24) is 15.3 Å². The van der Waals surface area contributed by atoms with Crippen LogP contribution in [0.15, 0.2) is 24.4 Å². The van der Waals surface area contributed by atoms with Crippen LogP contribution in [0.1, 0.15) is 41.0 Å². The average molecular weight is 312 g/mol. The molecule has 0 spiro atoms. The fourth-order valence-corrected chi connectivity index (χ4v) is 2.42. The number of amides is 1. The van der Waals surface area contributed by atoms with Crippen LogP contribution in [-0.2, 0) is 0 Å². The number of carbonyl (C=O) groups is 1. The molecular weight excluding hydrogens is 288 g/mol. The number of aromatic nitrogens is 2. The topological polar surface area (TPSA) is 66.9 Å². The molecule has 0 aliphatic rings. The number of nitrogens with one attached hydrogen (secondary N) is 2. The van der Waals surface area contributed by atoms with Crippen molar-refractivity contribution < 1.29 is 4.79 Å². The quantitative estimate of drug-likeness (QED) is 0.886. The maximum absolute atomic E-state index is 12.1. The van der Waals surface area contributed by atoms with Crippen molar-refractivity contribution in [3.05, 3.63) is 46.8 Å². The highest BCUT2D eigenvalue weighted by atomic mass is 16.1. The smallest absolute Gasteiger partial charge is 0.270 e. The second-order valence-electron chi connectivity index (χ2n) is 6.27. The predicted octanol–water partition coefficient (Wildman–Crippen LogP) is 3.53. The van der Waals surface area contributed by atoms with Gasteiger partial charge in [0.05, 0.1) is 0 Å². The van der Waals surface area contributed by atoms with Crippen LogP contribution in [0.2, 0.25) is 0 Å². The van der Waals surface area contributed by atoms with Gasteiger partial charge in [0.1, 0.15) is 5.69 Å². The van der Waals surface area contributed by atoms with Gasteiger partial charge in [0.25, 0.3) is 5.91 Å². The molecular formula is C18H24N4O. The van der Waals surface area contributed by atoms with E-state index in [1.807, 2.05) is 13.8 Å². The van der Waals surface area contributed by atoms with Crippen LogP contribution in [0.4, 0.5) is 11.6 Å². The molecule has 2 N–H and O–H groups in total. The number of aryl methyl sites for hydroxylation is 3. The maximum Gasteiger partial charge on any atom is 0.270 e. The van der Waals surface area contributed by atoms with Crippen molar-refractivity contribution in [1.29, 1.82) is 0 Å². The van der Waals surface area contributed by atoms with E-state index in [4.69, 9.17) is 0 Å². The Bertz CT molecular complexity index is 687. The van der Waals surface area contributed by atoms with Crippen molar-refractivity contribution in [2.45, 2.75) is 34.6 Å². The van der Waals surface area contributed by atoms with E-state index in [2.05, 4.69) is 53.5 Å². The Balaban J connectivity index is 2.19. The molecule has 1 aromatic heterocycles. The zero-order chi connectivity index (χ0) is 17.0. The minimum absolute atomic E-state index is 0.179. The van der Waals surface area contributed by atoms with Crippen LogP contribution >= 0.6 is 0 Å². The van der Waals surface area contributed by atoms with Crippen molar-refractivity contribution in [2.24, 2.45) is 5.92 Å². The third-order valence-corrected chi connectivity index (χ3v) is 3.47. The van der Waals surface area contributed by atoms with Crippen molar-refractivity contribution >= 4 is 17.5 Å². The Morgan fingerprint density at radius 1 is 1.17 bits per heavy atom. The molecule has 0 unspecified atom stereocenters. The number of hydrogen-bond donors (Lipinski definition) is 2. The van der Waals surface area contributed by atoms with Gasteiger partial charge >= 0.3 is 0 Å². The number of hydrogen-bond acceptors (Lipinski definition) is 4. The number of rotatable bonds is 5. The van der Waals surface area contributed by atoms with Crippen LogP contribution in [0.3, 0.4) is 0 Å². The molecule has 0 saturated carbocycles. The lowest BCUT2D eigenvalue weighted by molar-refractivity contribution is 0.0944. The molecule has 5 nitrogen and oxygen atoms in total. The number of nitrogens with zero attached hydrogens (tertiary/aromatic N) is 2. The molecule has 0 aliphatic carbocycles. The highest BCUT2D eigenvalue weighted by Gasteiger charge is 2.11. The second kappa shape index (κ2) is 7.22. The lowest BCUT2D eigenvalue weighted by Crippen LogP contribution is -2.28. The first-order chi connectivity index (χ1) is 10.9. The Kier molecular flexibility index (Phi) is 5.32. The molecule has 2 rings (SSSR count). The number of benzene rings is 1. The maximum atomic E-state index is 12.1. The summed E-state index contributed by atoms with van der Waals surface area (Å²) in [5.74, 6) is 0.648. The van der Waals surface area contributed by atoms with E-state index in [0.717, 1.165) is 16.8 Å². The normalized spacial score (nSPS) is 10.7. The fourth-order valence-electron chi connectivity index (χ4n) is 2.42. The minimum Gasteiger partial charge on any atom is -0.350 e. The van der Waals surface area contributed by atoms with Gasteiger partial charge in [-0.1, -0.05) is 31.5 Å². The molecule has 1 amide bonds. The molecule has 0 fully saturated rings. The van der Waals surface area contributed by atoms with Gasteiger partial charge in [-0.3, -0.25) is 4.79 Å².